The molecule has 0 amide bonds. The molecule has 1 aliphatic heterocycles. The van der Waals surface area contributed by atoms with E-state index >= 15 is 0 Å². The molecule has 16 heavy (non-hydrogen) atoms. The lowest BCUT2D eigenvalue weighted by Gasteiger charge is -2.38. The maximum absolute atomic E-state index is 11.7. The average Bonchev–Trinajstić information content (AvgIpc) is 2.29. The molecule has 0 aromatic carbocycles. The number of rotatable bonds is 3. The van der Waals surface area contributed by atoms with E-state index in [-0.39, 0.29) is 0 Å². The predicted molar refractivity (Wildman–Crippen MR) is 57.5 cm³/mol. The molecule has 5 nitrogen and oxygen atoms in total. The summed E-state index contributed by atoms with van der Waals surface area (Å²) in [5, 5.41) is 0. The molecule has 0 saturated heterocycles. The molecular formula is C11H18NO4+. The van der Waals surface area contributed by atoms with E-state index in [1.54, 1.807) is 0 Å². The molecule has 0 saturated carbocycles. The second-order valence-electron chi connectivity index (χ2n) is 4.09. The molecular weight excluding hydrogens is 210 g/mol. The van der Waals surface area contributed by atoms with Crippen LogP contribution in [0.4, 0.5) is 0 Å². The summed E-state index contributed by atoms with van der Waals surface area (Å²) in [6.45, 7) is 1.36. The Balaban J connectivity index is 2.95. The number of nitrogens with zero attached hydrogens (tertiary/aromatic N) is 1. The molecule has 0 radical (unpaired) electrons. The molecule has 1 unspecified atom stereocenters. The molecule has 0 aromatic rings. The van der Waals surface area contributed by atoms with Crippen LogP contribution in [-0.4, -0.2) is 56.8 Å². The Hall–Kier alpha value is -1.36. The monoisotopic (exact) mass is 228 g/mol. The summed E-state index contributed by atoms with van der Waals surface area (Å²) in [5.41, 5.74) is 0. The Kier molecular flexibility index (Phi) is 4.06. The van der Waals surface area contributed by atoms with Gasteiger partial charge in [-0.1, -0.05) is 6.08 Å². The van der Waals surface area contributed by atoms with Gasteiger partial charge in [-0.3, -0.25) is 0 Å². The lowest BCUT2D eigenvalue weighted by atomic mass is 10.1. The van der Waals surface area contributed by atoms with Gasteiger partial charge in [0.2, 0.25) is 0 Å². The first kappa shape index (κ1) is 12.7. The van der Waals surface area contributed by atoms with Gasteiger partial charge in [0.15, 0.2) is 0 Å². The molecule has 1 heterocycles. The van der Waals surface area contributed by atoms with Crippen molar-refractivity contribution in [1.29, 1.82) is 0 Å². The van der Waals surface area contributed by atoms with Crippen LogP contribution in [0.2, 0.25) is 0 Å². The number of methoxy groups -OCH3 is 2. The van der Waals surface area contributed by atoms with Crippen LogP contribution in [-0.2, 0) is 19.1 Å². The molecule has 90 valence electrons. The van der Waals surface area contributed by atoms with Gasteiger partial charge in [0.25, 0.3) is 6.04 Å². The molecule has 0 bridgehead atoms. The third kappa shape index (κ3) is 2.41. The van der Waals surface area contributed by atoms with Crippen LogP contribution < -0.4 is 0 Å². The minimum atomic E-state index is -0.889. The van der Waals surface area contributed by atoms with E-state index in [1.807, 2.05) is 19.2 Å². The third-order valence-corrected chi connectivity index (χ3v) is 2.97. The second-order valence-corrected chi connectivity index (χ2v) is 4.09. The number of carbonyl (C=O) groups excluding carboxylic acids is 2. The molecule has 5 heteroatoms. The van der Waals surface area contributed by atoms with Gasteiger partial charge in [0.05, 0.1) is 34.4 Å². The van der Waals surface area contributed by atoms with Gasteiger partial charge in [0.1, 0.15) is 0 Å². The molecule has 1 aliphatic rings. The minimum Gasteiger partial charge on any atom is -0.464 e. The van der Waals surface area contributed by atoms with Crippen molar-refractivity contribution in [3.05, 3.63) is 12.2 Å². The maximum Gasteiger partial charge on any atom is 0.376 e. The van der Waals surface area contributed by atoms with Crippen LogP contribution in [0.5, 0.6) is 0 Å². The number of esters is 2. The van der Waals surface area contributed by atoms with Gasteiger partial charge >= 0.3 is 11.9 Å². The Labute approximate surface area is 95.2 Å². The second kappa shape index (κ2) is 5.12. The summed E-state index contributed by atoms with van der Waals surface area (Å²) in [6.07, 6.45) is 4.87. The van der Waals surface area contributed by atoms with Gasteiger partial charge in [-0.15, -0.1) is 0 Å². The fraction of sp³-hybridized carbons (Fsp3) is 0.636. The third-order valence-electron chi connectivity index (χ3n) is 2.97. The minimum absolute atomic E-state index is 0.315. The van der Waals surface area contributed by atoms with E-state index in [9.17, 15) is 9.59 Å². The number of hydrogen-bond donors (Lipinski definition) is 0. The van der Waals surface area contributed by atoms with E-state index in [2.05, 4.69) is 9.47 Å². The molecule has 0 aromatic heterocycles. The van der Waals surface area contributed by atoms with Crippen molar-refractivity contribution in [2.24, 2.45) is 0 Å². The molecule has 0 spiro atoms. The van der Waals surface area contributed by atoms with E-state index in [0.717, 1.165) is 13.0 Å². The van der Waals surface area contributed by atoms with Crippen molar-refractivity contribution in [2.45, 2.75) is 12.5 Å². The van der Waals surface area contributed by atoms with Crippen LogP contribution in [0.1, 0.15) is 6.42 Å². The van der Waals surface area contributed by atoms with Gasteiger partial charge in [-0.05, 0) is 6.08 Å². The van der Waals surface area contributed by atoms with Crippen LogP contribution in [0.25, 0.3) is 0 Å². The number of carbonyl (C=O) groups is 2. The van der Waals surface area contributed by atoms with Gasteiger partial charge in [-0.2, -0.15) is 0 Å². The highest BCUT2D eigenvalue weighted by atomic mass is 16.5. The van der Waals surface area contributed by atoms with Gasteiger partial charge < -0.3 is 14.0 Å². The summed E-state index contributed by atoms with van der Waals surface area (Å²) in [6, 6.07) is -0.889. The largest absolute Gasteiger partial charge is 0.464 e. The fourth-order valence-electron chi connectivity index (χ4n) is 1.96. The van der Waals surface area contributed by atoms with Crippen molar-refractivity contribution >= 4 is 11.9 Å². The van der Waals surface area contributed by atoms with Crippen molar-refractivity contribution in [2.75, 3.05) is 34.4 Å². The lowest BCUT2D eigenvalue weighted by molar-refractivity contribution is -0.913. The molecule has 1 atom stereocenters. The first-order valence-electron chi connectivity index (χ1n) is 5.20. The summed E-state index contributed by atoms with van der Waals surface area (Å²) in [5.74, 6) is -1.07. The first-order valence-corrected chi connectivity index (χ1v) is 5.20. The van der Waals surface area contributed by atoms with Crippen LogP contribution in [0.15, 0.2) is 12.2 Å². The standard InChI is InChI=1S/C11H18NO4/c1-12(7-5-4-6-8-12)9(10(13)15-2)11(14)16-3/h4-5,9H,6-8H2,1-3H3/q+1. The number of quaternary nitrogens is 1. The zero-order valence-corrected chi connectivity index (χ0v) is 9.93. The SMILES string of the molecule is COC(=O)C(C(=O)OC)[N+]1(C)CC=CCC1. The molecule has 0 N–H and O–H groups in total. The summed E-state index contributed by atoms with van der Waals surface area (Å²) < 4.78 is 9.66. The Bertz CT molecular complexity index is 297. The van der Waals surface area contributed by atoms with Gasteiger partial charge in [-0.25, -0.2) is 9.59 Å². The lowest BCUT2D eigenvalue weighted by Crippen LogP contribution is -2.61. The number of hydrogen-bond acceptors (Lipinski definition) is 4. The Morgan fingerprint density at radius 1 is 1.19 bits per heavy atom. The maximum atomic E-state index is 11.7. The Morgan fingerprint density at radius 3 is 2.12 bits per heavy atom. The van der Waals surface area contributed by atoms with E-state index in [0.29, 0.717) is 11.0 Å². The summed E-state index contributed by atoms with van der Waals surface area (Å²) in [4.78, 5) is 23.3. The highest BCUT2D eigenvalue weighted by molar-refractivity contribution is 5.97. The summed E-state index contributed by atoms with van der Waals surface area (Å²) in [7, 11) is 4.43. The van der Waals surface area contributed by atoms with Crippen molar-refractivity contribution in [1.82, 2.24) is 0 Å². The Morgan fingerprint density at radius 2 is 1.75 bits per heavy atom. The van der Waals surface area contributed by atoms with E-state index in [1.165, 1.54) is 14.2 Å². The molecule has 1 rings (SSSR count). The predicted octanol–water partition coefficient (Wildman–Crippen LogP) is 0.107. The number of likely N-dealkylation sites (N-methyl/N-ethyl adjacent to an activating group) is 1. The fourth-order valence-corrected chi connectivity index (χ4v) is 1.96. The van der Waals surface area contributed by atoms with Crippen molar-refractivity contribution in [3.63, 3.8) is 0 Å². The van der Waals surface area contributed by atoms with E-state index in [4.69, 9.17) is 0 Å². The number of ether oxygens (including phenoxy) is 2. The quantitative estimate of drug-likeness (QED) is 0.298. The van der Waals surface area contributed by atoms with Crippen LogP contribution in [0, 0.1) is 0 Å². The zero-order valence-electron chi connectivity index (χ0n) is 9.93. The van der Waals surface area contributed by atoms with Crippen molar-refractivity contribution < 1.29 is 23.5 Å². The highest BCUT2D eigenvalue weighted by Gasteiger charge is 2.45. The van der Waals surface area contributed by atoms with Crippen LogP contribution >= 0.6 is 0 Å². The molecule has 0 aliphatic carbocycles. The first-order chi connectivity index (χ1) is 7.55. The van der Waals surface area contributed by atoms with E-state index < -0.39 is 18.0 Å². The normalized spacial score (nSPS) is 24.2. The highest BCUT2D eigenvalue weighted by Crippen LogP contribution is 2.18. The van der Waals surface area contributed by atoms with Crippen LogP contribution in [0.3, 0.4) is 0 Å². The van der Waals surface area contributed by atoms with Crippen molar-refractivity contribution in [3.8, 4) is 0 Å². The smallest absolute Gasteiger partial charge is 0.376 e. The summed E-state index contributed by atoms with van der Waals surface area (Å²) >= 11 is 0. The topological polar surface area (TPSA) is 52.6 Å². The van der Waals surface area contributed by atoms with Gasteiger partial charge in [0, 0.05) is 6.42 Å². The zero-order chi connectivity index (χ0) is 12.2. The average molecular weight is 228 g/mol. The molecule has 0 fully saturated rings.